The number of benzene rings is 2. The summed E-state index contributed by atoms with van der Waals surface area (Å²) in [7, 11) is -3.08. The standard InChI is InChI=1S/C26H33NO3S/c1-5-20-6-8-22(9-7-20)18-27(24-16-17-31(29,30)19-24)25(28)15-12-21-10-13-23(14-11-21)26(2,3)4/h6-15,24H,5,16-19H2,1-4H3/b15-12+/t24-/m0/s1. The van der Waals surface area contributed by atoms with Crippen molar-refractivity contribution in [3.05, 3.63) is 76.9 Å². The van der Waals surface area contributed by atoms with Crippen LogP contribution in [0.4, 0.5) is 0 Å². The number of nitrogens with zero attached hydrogens (tertiary/aromatic N) is 1. The van der Waals surface area contributed by atoms with E-state index in [9.17, 15) is 13.2 Å². The summed E-state index contributed by atoms with van der Waals surface area (Å²) >= 11 is 0. The number of sulfone groups is 1. The minimum Gasteiger partial charge on any atom is -0.331 e. The molecule has 1 atom stereocenters. The molecule has 2 aromatic carbocycles. The first-order valence-electron chi connectivity index (χ1n) is 10.9. The van der Waals surface area contributed by atoms with Gasteiger partial charge in [0.25, 0.3) is 0 Å². The average molecular weight is 440 g/mol. The zero-order chi connectivity index (χ0) is 22.6. The maximum absolute atomic E-state index is 13.1. The van der Waals surface area contributed by atoms with E-state index in [1.807, 2.05) is 30.3 Å². The average Bonchev–Trinajstić information content (AvgIpc) is 3.09. The van der Waals surface area contributed by atoms with Crippen LogP contribution in [0.5, 0.6) is 0 Å². The fourth-order valence-electron chi connectivity index (χ4n) is 3.84. The Morgan fingerprint density at radius 3 is 2.16 bits per heavy atom. The van der Waals surface area contributed by atoms with E-state index < -0.39 is 9.84 Å². The molecule has 0 unspecified atom stereocenters. The van der Waals surface area contributed by atoms with Crippen LogP contribution >= 0.6 is 0 Å². The molecule has 31 heavy (non-hydrogen) atoms. The minimum absolute atomic E-state index is 0.0416. The molecule has 5 heteroatoms. The predicted octanol–water partition coefficient (Wildman–Crippen LogP) is 4.78. The highest BCUT2D eigenvalue weighted by Crippen LogP contribution is 2.23. The van der Waals surface area contributed by atoms with E-state index in [0.29, 0.717) is 13.0 Å². The zero-order valence-corrected chi connectivity index (χ0v) is 19.8. The van der Waals surface area contributed by atoms with E-state index >= 15 is 0 Å². The molecule has 0 saturated carbocycles. The molecule has 0 spiro atoms. The van der Waals surface area contributed by atoms with Crippen LogP contribution in [0.25, 0.3) is 6.08 Å². The summed E-state index contributed by atoms with van der Waals surface area (Å²) in [4.78, 5) is 14.8. The maximum Gasteiger partial charge on any atom is 0.247 e. The normalized spacial score (nSPS) is 18.4. The third-order valence-electron chi connectivity index (χ3n) is 5.91. The lowest BCUT2D eigenvalue weighted by Crippen LogP contribution is -2.39. The highest BCUT2D eigenvalue weighted by Gasteiger charge is 2.34. The van der Waals surface area contributed by atoms with Crippen LogP contribution in [0.3, 0.4) is 0 Å². The Morgan fingerprint density at radius 2 is 1.65 bits per heavy atom. The van der Waals surface area contributed by atoms with Crippen LogP contribution in [0.2, 0.25) is 0 Å². The fourth-order valence-corrected chi connectivity index (χ4v) is 5.57. The molecular formula is C26H33NO3S. The van der Waals surface area contributed by atoms with Gasteiger partial charge >= 0.3 is 0 Å². The third-order valence-corrected chi connectivity index (χ3v) is 7.66. The van der Waals surface area contributed by atoms with Crippen molar-refractivity contribution in [3.63, 3.8) is 0 Å². The molecule has 1 heterocycles. The van der Waals surface area contributed by atoms with Gasteiger partial charge < -0.3 is 4.90 Å². The molecule has 1 amide bonds. The van der Waals surface area contributed by atoms with Gasteiger partial charge in [-0.3, -0.25) is 4.79 Å². The van der Waals surface area contributed by atoms with Crippen LogP contribution in [0.15, 0.2) is 54.6 Å². The van der Waals surface area contributed by atoms with Crippen molar-refractivity contribution in [1.29, 1.82) is 0 Å². The molecule has 2 aromatic rings. The van der Waals surface area contributed by atoms with Gasteiger partial charge in [0.1, 0.15) is 0 Å². The summed E-state index contributed by atoms with van der Waals surface area (Å²) in [6.07, 6.45) is 4.83. The van der Waals surface area contributed by atoms with E-state index in [2.05, 4.69) is 52.0 Å². The molecule has 1 aliphatic heterocycles. The molecular weight excluding hydrogens is 406 g/mol. The molecule has 166 valence electrons. The molecule has 0 aliphatic carbocycles. The minimum atomic E-state index is -3.08. The molecule has 4 nitrogen and oxygen atoms in total. The van der Waals surface area contributed by atoms with Crippen molar-refractivity contribution >= 4 is 21.8 Å². The van der Waals surface area contributed by atoms with Gasteiger partial charge in [0.05, 0.1) is 11.5 Å². The summed E-state index contributed by atoms with van der Waals surface area (Å²) in [6, 6.07) is 16.1. The van der Waals surface area contributed by atoms with Gasteiger partial charge in [0.15, 0.2) is 9.84 Å². The van der Waals surface area contributed by atoms with Gasteiger partial charge in [-0.2, -0.15) is 0 Å². The van der Waals surface area contributed by atoms with Crippen LogP contribution in [0, 0.1) is 0 Å². The third kappa shape index (κ3) is 6.30. The molecule has 3 rings (SSSR count). The van der Waals surface area contributed by atoms with E-state index in [-0.39, 0.29) is 28.9 Å². The Hall–Kier alpha value is -2.40. The number of carbonyl (C=O) groups excluding carboxylic acids is 1. The topological polar surface area (TPSA) is 54.5 Å². The lowest BCUT2D eigenvalue weighted by atomic mass is 9.87. The van der Waals surface area contributed by atoms with Crippen LogP contribution < -0.4 is 0 Å². The Kier molecular flexibility index (Phi) is 7.05. The molecule has 0 aromatic heterocycles. The quantitative estimate of drug-likeness (QED) is 0.609. The first kappa shape index (κ1) is 23.3. The van der Waals surface area contributed by atoms with Crippen molar-refractivity contribution in [2.75, 3.05) is 11.5 Å². The summed E-state index contributed by atoms with van der Waals surface area (Å²) in [5.41, 5.74) is 4.52. The van der Waals surface area contributed by atoms with Crippen molar-refractivity contribution in [2.45, 2.75) is 58.5 Å². The number of amides is 1. The fraction of sp³-hybridized carbons (Fsp3) is 0.423. The van der Waals surface area contributed by atoms with E-state index in [1.165, 1.54) is 11.1 Å². The van der Waals surface area contributed by atoms with Crippen molar-refractivity contribution in [3.8, 4) is 0 Å². The Morgan fingerprint density at radius 1 is 1.03 bits per heavy atom. The molecule has 0 radical (unpaired) electrons. The summed E-state index contributed by atoms with van der Waals surface area (Å²) < 4.78 is 24.1. The van der Waals surface area contributed by atoms with Gasteiger partial charge in [0, 0.05) is 18.7 Å². The highest BCUT2D eigenvalue weighted by atomic mass is 32.2. The smallest absolute Gasteiger partial charge is 0.247 e. The second kappa shape index (κ2) is 9.39. The van der Waals surface area contributed by atoms with Crippen molar-refractivity contribution in [1.82, 2.24) is 4.90 Å². The number of aryl methyl sites for hydroxylation is 1. The molecule has 1 saturated heterocycles. The largest absolute Gasteiger partial charge is 0.331 e. The first-order chi connectivity index (χ1) is 14.6. The Balaban J connectivity index is 1.78. The molecule has 1 aliphatic rings. The lowest BCUT2D eigenvalue weighted by Gasteiger charge is -2.27. The Labute approximate surface area is 186 Å². The van der Waals surface area contributed by atoms with E-state index in [1.54, 1.807) is 11.0 Å². The van der Waals surface area contributed by atoms with Crippen LogP contribution in [-0.4, -0.2) is 36.8 Å². The Bertz CT molecular complexity index is 1030. The number of rotatable bonds is 6. The number of hydrogen-bond donors (Lipinski definition) is 0. The van der Waals surface area contributed by atoms with Crippen LogP contribution in [0.1, 0.15) is 56.4 Å². The van der Waals surface area contributed by atoms with Gasteiger partial charge in [-0.25, -0.2) is 8.42 Å². The van der Waals surface area contributed by atoms with Crippen LogP contribution in [-0.2, 0) is 33.0 Å². The number of hydrogen-bond acceptors (Lipinski definition) is 3. The van der Waals surface area contributed by atoms with E-state index in [4.69, 9.17) is 0 Å². The first-order valence-corrected chi connectivity index (χ1v) is 12.8. The molecule has 0 bridgehead atoms. The second-order valence-corrected chi connectivity index (χ2v) is 11.6. The molecule has 1 fully saturated rings. The van der Waals surface area contributed by atoms with Crippen molar-refractivity contribution in [2.24, 2.45) is 0 Å². The van der Waals surface area contributed by atoms with Gasteiger partial charge in [-0.05, 0) is 46.6 Å². The summed E-state index contributed by atoms with van der Waals surface area (Å²) in [5.74, 6) is 0.0373. The van der Waals surface area contributed by atoms with E-state index in [0.717, 1.165) is 17.5 Å². The lowest BCUT2D eigenvalue weighted by molar-refractivity contribution is -0.128. The molecule has 0 N–H and O–H groups in total. The summed E-state index contributed by atoms with van der Waals surface area (Å²) in [5, 5.41) is 0. The summed E-state index contributed by atoms with van der Waals surface area (Å²) in [6.45, 7) is 9.02. The van der Waals surface area contributed by atoms with Gasteiger partial charge in [-0.1, -0.05) is 76.2 Å². The van der Waals surface area contributed by atoms with Gasteiger partial charge in [-0.15, -0.1) is 0 Å². The highest BCUT2D eigenvalue weighted by molar-refractivity contribution is 7.91. The SMILES string of the molecule is CCc1ccc(CN(C(=O)/C=C/c2ccc(C(C)(C)C)cc2)[C@H]2CCS(=O)(=O)C2)cc1. The predicted molar refractivity (Wildman–Crippen MR) is 128 cm³/mol. The van der Waals surface area contributed by atoms with Gasteiger partial charge in [0.2, 0.25) is 5.91 Å². The van der Waals surface area contributed by atoms with Crippen molar-refractivity contribution < 1.29 is 13.2 Å². The number of carbonyl (C=O) groups is 1. The monoisotopic (exact) mass is 439 g/mol. The second-order valence-electron chi connectivity index (χ2n) is 9.40. The zero-order valence-electron chi connectivity index (χ0n) is 19.0. The maximum atomic E-state index is 13.1.